The van der Waals surface area contributed by atoms with E-state index >= 15 is 0 Å². The van der Waals surface area contributed by atoms with Gasteiger partial charge in [-0.1, -0.05) is 11.3 Å². The van der Waals surface area contributed by atoms with E-state index in [0.717, 1.165) is 23.0 Å². The Bertz CT molecular complexity index is 758. The molecule has 0 aliphatic carbocycles. The van der Waals surface area contributed by atoms with Gasteiger partial charge in [-0.25, -0.2) is 18.3 Å². The summed E-state index contributed by atoms with van der Waals surface area (Å²) in [5, 5.41) is 18.3. The van der Waals surface area contributed by atoms with Crippen LogP contribution >= 0.6 is 0 Å². The Morgan fingerprint density at radius 3 is 2.57 bits per heavy atom. The first-order chi connectivity index (χ1) is 10.7. The maximum absolute atomic E-state index is 13.3. The van der Waals surface area contributed by atoms with Crippen LogP contribution in [0.4, 0.5) is 8.78 Å². The number of hydrogen-bond acceptors (Lipinski definition) is 4. The van der Waals surface area contributed by atoms with Gasteiger partial charge in [-0.15, -0.1) is 5.10 Å². The molecule has 0 saturated heterocycles. The molecule has 7 nitrogen and oxygen atoms in total. The first-order valence-electron chi connectivity index (χ1n) is 6.59. The number of nitrogens with one attached hydrogen (secondary N) is 1. The third-order valence-corrected chi connectivity index (χ3v) is 3.16. The highest BCUT2D eigenvalue weighted by molar-refractivity contribution is 5.84. The summed E-state index contributed by atoms with van der Waals surface area (Å²) in [6, 6.07) is 3.36. The van der Waals surface area contributed by atoms with E-state index in [1.807, 2.05) is 0 Å². The molecule has 0 aliphatic heterocycles. The summed E-state index contributed by atoms with van der Waals surface area (Å²) in [6.07, 6.45) is 1.12. The second kappa shape index (κ2) is 6.11. The van der Waals surface area contributed by atoms with Gasteiger partial charge in [-0.3, -0.25) is 4.79 Å². The maximum Gasteiger partial charge on any atom is 0.358 e. The van der Waals surface area contributed by atoms with Crippen molar-refractivity contribution in [1.29, 1.82) is 0 Å². The number of aromatic carboxylic acids is 1. The third kappa shape index (κ3) is 3.87. The van der Waals surface area contributed by atoms with E-state index in [1.165, 1.54) is 6.07 Å². The fourth-order valence-electron chi connectivity index (χ4n) is 1.97. The largest absolute Gasteiger partial charge is 0.476 e. The average Bonchev–Trinajstić information content (AvgIpc) is 2.89. The number of rotatable bonds is 5. The zero-order chi connectivity index (χ0) is 17.2. The lowest BCUT2D eigenvalue weighted by Gasteiger charge is -2.27. The predicted molar refractivity (Wildman–Crippen MR) is 74.5 cm³/mol. The lowest BCUT2D eigenvalue weighted by Crippen LogP contribution is -2.42. The van der Waals surface area contributed by atoms with Crippen LogP contribution in [0.2, 0.25) is 0 Å². The molecular formula is C14H14F2N4O3. The Morgan fingerprint density at radius 1 is 1.30 bits per heavy atom. The van der Waals surface area contributed by atoms with Crippen LogP contribution < -0.4 is 5.32 Å². The summed E-state index contributed by atoms with van der Waals surface area (Å²) >= 11 is 0. The standard InChI is InChI=1S/C14H14F2N4O3/c1-14(2,8-3-4-9(15)10(16)5-8)17-12(21)7-20-6-11(13(22)23)18-19-20/h3-6H,7H2,1-2H3,(H,17,21)(H,22,23). The molecule has 1 amide bonds. The molecule has 23 heavy (non-hydrogen) atoms. The van der Waals surface area contributed by atoms with Crippen LogP contribution in [0, 0.1) is 11.6 Å². The molecule has 2 N–H and O–H groups in total. The Labute approximate surface area is 129 Å². The fourth-order valence-corrected chi connectivity index (χ4v) is 1.97. The minimum absolute atomic E-state index is 0.257. The van der Waals surface area contributed by atoms with Crippen LogP contribution in [0.3, 0.4) is 0 Å². The third-order valence-electron chi connectivity index (χ3n) is 3.16. The number of aromatic nitrogens is 3. The Kier molecular flexibility index (Phi) is 4.39. The molecule has 1 aromatic heterocycles. The van der Waals surface area contributed by atoms with Crippen LogP contribution in [-0.4, -0.2) is 32.0 Å². The van der Waals surface area contributed by atoms with Crippen molar-refractivity contribution in [2.75, 3.05) is 0 Å². The lowest BCUT2D eigenvalue weighted by molar-refractivity contribution is -0.123. The molecule has 0 aliphatic rings. The first kappa shape index (κ1) is 16.5. The number of carboxylic acids is 1. The molecule has 2 aromatic rings. The van der Waals surface area contributed by atoms with E-state index in [4.69, 9.17) is 5.11 Å². The minimum Gasteiger partial charge on any atom is -0.476 e. The number of hydrogen-bond donors (Lipinski definition) is 2. The average molecular weight is 324 g/mol. The molecular weight excluding hydrogens is 310 g/mol. The van der Waals surface area contributed by atoms with E-state index in [1.54, 1.807) is 13.8 Å². The molecule has 9 heteroatoms. The zero-order valence-electron chi connectivity index (χ0n) is 12.4. The van der Waals surface area contributed by atoms with E-state index in [0.29, 0.717) is 5.56 Å². The van der Waals surface area contributed by atoms with E-state index in [2.05, 4.69) is 15.6 Å². The van der Waals surface area contributed by atoms with E-state index in [9.17, 15) is 18.4 Å². The van der Waals surface area contributed by atoms with Gasteiger partial charge in [0.05, 0.1) is 11.7 Å². The van der Waals surface area contributed by atoms with Crippen molar-refractivity contribution >= 4 is 11.9 Å². The minimum atomic E-state index is -1.25. The van der Waals surface area contributed by atoms with E-state index in [-0.39, 0.29) is 12.2 Å². The number of nitrogens with zero attached hydrogens (tertiary/aromatic N) is 3. The molecule has 1 aromatic carbocycles. The Hall–Kier alpha value is -2.84. The molecule has 0 saturated carbocycles. The molecule has 122 valence electrons. The van der Waals surface area contributed by atoms with Crippen molar-refractivity contribution < 1.29 is 23.5 Å². The molecule has 0 fully saturated rings. The summed E-state index contributed by atoms with van der Waals surface area (Å²) in [4.78, 5) is 22.7. The SMILES string of the molecule is CC(C)(NC(=O)Cn1cc(C(=O)O)nn1)c1ccc(F)c(F)c1. The van der Waals surface area contributed by atoms with Crippen LogP contribution in [0.5, 0.6) is 0 Å². The number of carbonyl (C=O) groups is 2. The van der Waals surface area contributed by atoms with Crippen LogP contribution in [0.15, 0.2) is 24.4 Å². The molecule has 2 rings (SSSR count). The second-order valence-electron chi connectivity index (χ2n) is 5.41. The van der Waals surface area contributed by atoms with Crippen molar-refractivity contribution in [1.82, 2.24) is 20.3 Å². The van der Waals surface area contributed by atoms with Crippen molar-refractivity contribution in [3.8, 4) is 0 Å². The molecule has 0 atom stereocenters. The molecule has 1 heterocycles. The highest BCUT2D eigenvalue weighted by Crippen LogP contribution is 2.22. The topological polar surface area (TPSA) is 97.1 Å². The quantitative estimate of drug-likeness (QED) is 0.864. The molecule has 0 unspecified atom stereocenters. The molecule has 0 bridgehead atoms. The predicted octanol–water partition coefficient (Wildman–Crippen LogP) is 1.31. The monoisotopic (exact) mass is 324 g/mol. The second-order valence-corrected chi connectivity index (χ2v) is 5.41. The van der Waals surface area contributed by atoms with Crippen molar-refractivity contribution in [3.05, 3.63) is 47.3 Å². The number of benzene rings is 1. The van der Waals surface area contributed by atoms with Crippen LogP contribution in [0.1, 0.15) is 29.9 Å². The summed E-state index contributed by atoms with van der Waals surface area (Å²) in [5.74, 6) is -3.72. The smallest absolute Gasteiger partial charge is 0.358 e. The lowest BCUT2D eigenvalue weighted by atomic mass is 9.94. The Morgan fingerprint density at radius 2 is 2.00 bits per heavy atom. The zero-order valence-corrected chi connectivity index (χ0v) is 12.4. The van der Waals surface area contributed by atoms with Gasteiger partial charge in [0.1, 0.15) is 6.54 Å². The number of carbonyl (C=O) groups excluding carboxylic acids is 1. The van der Waals surface area contributed by atoms with Gasteiger partial charge in [-0.2, -0.15) is 0 Å². The van der Waals surface area contributed by atoms with Crippen molar-refractivity contribution in [2.45, 2.75) is 25.9 Å². The van der Waals surface area contributed by atoms with Crippen molar-refractivity contribution in [3.63, 3.8) is 0 Å². The van der Waals surface area contributed by atoms with E-state index < -0.39 is 29.0 Å². The van der Waals surface area contributed by atoms with Gasteiger partial charge in [0.15, 0.2) is 17.3 Å². The number of amides is 1. The molecule has 0 radical (unpaired) electrons. The summed E-state index contributed by atoms with van der Waals surface area (Å²) in [6.45, 7) is 3.00. The molecule has 0 spiro atoms. The first-order valence-corrected chi connectivity index (χ1v) is 6.59. The Balaban J connectivity index is 2.07. The van der Waals surface area contributed by atoms with Gasteiger partial charge < -0.3 is 10.4 Å². The van der Waals surface area contributed by atoms with Crippen LogP contribution in [0.25, 0.3) is 0 Å². The highest BCUT2D eigenvalue weighted by atomic mass is 19.2. The van der Waals surface area contributed by atoms with Gasteiger partial charge >= 0.3 is 5.97 Å². The highest BCUT2D eigenvalue weighted by Gasteiger charge is 2.24. The number of carboxylic acid groups (broad SMARTS) is 1. The fraction of sp³-hybridized carbons (Fsp3) is 0.286. The summed E-state index contributed by atoms with van der Waals surface area (Å²) in [7, 11) is 0. The van der Waals surface area contributed by atoms with Gasteiger partial charge in [0, 0.05) is 0 Å². The summed E-state index contributed by atoms with van der Waals surface area (Å²) < 4.78 is 27.4. The van der Waals surface area contributed by atoms with Gasteiger partial charge in [-0.05, 0) is 31.5 Å². The maximum atomic E-state index is 13.3. The van der Waals surface area contributed by atoms with Gasteiger partial charge in [0.25, 0.3) is 0 Å². The normalized spacial score (nSPS) is 11.3. The van der Waals surface area contributed by atoms with Gasteiger partial charge in [0.2, 0.25) is 5.91 Å². The summed E-state index contributed by atoms with van der Waals surface area (Å²) in [5.41, 5.74) is -0.853. The number of halogens is 2. The van der Waals surface area contributed by atoms with Crippen LogP contribution in [-0.2, 0) is 16.9 Å². The van der Waals surface area contributed by atoms with Crippen molar-refractivity contribution in [2.24, 2.45) is 0 Å².